The standard InChI is InChI=1S/C44H71O9Si3/c1-14-34-48-36-35-29(8)31(51-55(15-2,16-3)17-4)27-44(41(35,9)10,53-54(12)13)39(50-40(45)30-24-22-21-23-25-30)37-42(11,38(36)49-34)32(26-33-43(37,46)28-47-33)52-56(18-5,19-6)20-7/h14,21-25,31-34,36-39,46H,1,15-20,26-28H2,2-13H3/t31?,32?,33?,34?,36?,37?,38?,39?,42-,43?,44?/m1/s1. The lowest BCUT2D eigenvalue weighted by atomic mass is 9.44. The quantitative estimate of drug-likeness (QED) is 0.105. The summed E-state index contributed by atoms with van der Waals surface area (Å²) in [7, 11) is -5.94. The van der Waals surface area contributed by atoms with E-state index in [0.29, 0.717) is 18.4 Å². The molecule has 0 amide bonds. The summed E-state index contributed by atoms with van der Waals surface area (Å²) in [5, 5.41) is 13.4. The second kappa shape index (κ2) is 16.2. The number of hydrogen-bond acceptors (Lipinski definition) is 9. The van der Waals surface area contributed by atoms with E-state index in [1.165, 1.54) is 0 Å². The zero-order valence-electron chi connectivity index (χ0n) is 36.4. The number of carbonyl (C=O) groups excluding carboxylic acids is 1. The number of esters is 1. The molecule has 0 aromatic heterocycles. The molecule has 10 unspecified atom stereocenters. The van der Waals surface area contributed by atoms with E-state index in [9.17, 15) is 9.90 Å². The van der Waals surface area contributed by atoms with Gasteiger partial charge in [-0.1, -0.05) is 87.1 Å². The zero-order valence-corrected chi connectivity index (χ0v) is 39.4. The maximum atomic E-state index is 14.8. The molecule has 5 aliphatic rings. The number of fused-ring (bicyclic) bond motifs is 8. The van der Waals surface area contributed by atoms with Crippen LogP contribution in [-0.2, 0) is 32.2 Å². The molecule has 12 heteroatoms. The lowest BCUT2D eigenvalue weighted by Gasteiger charge is -2.70. The average Bonchev–Trinajstić information content (AvgIpc) is 3.62. The summed E-state index contributed by atoms with van der Waals surface area (Å²) in [6.07, 6.45) is -1.28. The number of hydrogen-bond donors (Lipinski definition) is 1. The van der Waals surface area contributed by atoms with Gasteiger partial charge in [0.1, 0.15) is 23.4 Å². The van der Waals surface area contributed by atoms with Gasteiger partial charge in [0.05, 0.1) is 36.6 Å². The molecule has 2 saturated heterocycles. The predicted molar refractivity (Wildman–Crippen MR) is 227 cm³/mol. The van der Waals surface area contributed by atoms with Crippen molar-refractivity contribution in [2.75, 3.05) is 6.61 Å². The van der Waals surface area contributed by atoms with Crippen LogP contribution in [-0.4, -0.2) is 97.5 Å². The molecule has 313 valence electrons. The van der Waals surface area contributed by atoms with Crippen molar-refractivity contribution in [3.8, 4) is 0 Å². The molecular formula is C44H71O9Si3. The lowest BCUT2D eigenvalue weighted by molar-refractivity contribution is -0.357. The summed E-state index contributed by atoms with van der Waals surface area (Å²) < 4.78 is 50.5. The molecule has 1 aromatic carbocycles. The first kappa shape index (κ1) is 44.1. The Hall–Kier alpha value is -1.46. The van der Waals surface area contributed by atoms with E-state index < -0.39 is 90.3 Å². The average molecular weight is 828 g/mol. The fraction of sp³-hybridized carbons (Fsp3) is 0.750. The van der Waals surface area contributed by atoms with Gasteiger partial charge in [-0.15, -0.1) is 0 Å². The fourth-order valence-electron chi connectivity index (χ4n) is 11.7. The second-order valence-electron chi connectivity index (χ2n) is 18.3. The van der Waals surface area contributed by atoms with Crippen molar-refractivity contribution in [2.45, 2.75) is 186 Å². The minimum Gasteiger partial charge on any atom is -0.455 e. The van der Waals surface area contributed by atoms with Crippen molar-refractivity contribution in [1.82, 2.24) is 0 Å². The lowest BCUT2D eigenvalue weighted by Crippen LogP contribution is -2.82. The molecule has 4 fully saturated rings. The van der Waals surface area contributed by atoms with Gasteiger partial charge in [-0.2, -0.15) is 0 Å². The van der Waals surface area contributed by atoms with Gasteiger partial charge in [-0.3, -0.25) is 0 Å². The van der Waals surface area contributed by atoms with Crippen LogP contribution in [0.15, 0.2) is 54.1 Å². The van der Waals surface area contributed by atoms with Crippen LogP contribution in [0.4, 0.5) is 0 Å². The molecule has 0 spiro atoms. The Morgan fingerprint density at radius 1 is 0.946 bits per heavy atom. The number of benzene rings is 1. The maximum absolute atomic E-state index is 14.8. The third-order valence-corrected chi connectivity index (χ3v) is 25.6. The number of aliphatic hydroxyl groups is 1. The van der Waals surface area contributed by atoms with Crippen LogP contribution in [0.3, 0.4) is 0 Å². The van der Waals surface area contributed by atoms with E-state index >= 15 is 0 Å². The Balaban J connectivity index is 1.72. The van der Waals surface area contributed by atoms with Crippen LogP contribution in [0.1, 0.15) is 92.4 Å². The summed E-state index contributed by atoms with van der Waals surface area (Å²) in [6.45, 7) is 30.9. The van der Waals surface area contributed by atoms with Crippen LogP contribution in [0, 0.1) is 16.7 Å². The highest BCUT2D eigenvalue weighted by molar-refractivity contribution is 6.74. The predicted octanol–water partition coefficient (Wildman–Crippen LogP) is 9.21. The van der Waals surface area contributed by atoms with Gasteiger partial charge in [-0.25, -0.2) is 4.79 Å². The van der Waals surface area contributed by atoms with Crippen molar-refractivity contribution in [2.24, 2.45) is 16.7 Å². The van der Waals surface area contributed by atoms with E-state index in [2.05, 4.69) is 88.9 Å². The molecule has 1 aromatic rings. The fourth-order valence-corrected chi connectivity index (χ4v) is 18.7. The van der Waals surface area contributed by atoms with Gasteiger partial charge in [0.25, 0.3) is 0 Å². The van der Waals surface area contributed by atoms with Gasteiger partial charge in [0.15, 0.2) is 22.9 Å². The number of carbonyl (C=O) groups is 1. The summed E-state index contributed by atoms with van der Waals surface area (Å²) >= 11 is 0. The molecule has 2 aliphatic heterocycles. The maximum Gasteiger partial charge on any atom is 0.338 e. The smallest absolute Gasteiger partial charge is 0.338 e. The first-order valence-electron chi connectivity index (χ1n) is 21.5. The largest absolute Gasteiger partial charge is 0.455 e. The highest BCUT2D eigenvalue weighted by Crippen LogP contribution is 2.68. The number of ether oxygens (including phenoxy) is 4. The normalized spacial score (nSPS) is 37.8. The first-order chi connectivity index (χ1) is 26.5. The van der Waals surface area contributed by atoms with Gasteiger partial charge >= 0.3 is 5.97 Å². The van der Waals surface area contributed by atoms with E-state index in [0.717, 1.165) is 47.4 Å². The third-order valence-electron chi connectivity index (χ3n) is 15.5. The molecule has 2 bridgehead atoms. The Morgan fingerprint density at radius 2 is 1.54 bits per heavy atom. The SMILES string of the molecule is C=CC1OC2C3=C(C)C(O[Si](CC)(CC)CC)CC(O[Si](C)C)(C(OC(=O)c4ccccc4)C4C5(O)COC5CC(O[Si](CC)(CC)CC)[C@@]4(C)C2O1)C3(C)C. The monoisotopic (exact) mass is 827 g/mol. The summed E-state index contributed by atoms with van der Waals surface area (Å²) in [4.78, 5) is 14.8. The highest BCUT2D eigenvalue weighted by Gasteiger charge is 2.78. The zero-order chi connectivity index (χ0) is 41.1. The van der Waals surface area contributed by atoms with E-state index in [1.807, 2.05) is 18.2 Å². The molecule has 2 saturated carbocycles. The molecule has 2 heterocycles. The molecule has 3 aliphatic carbocycles. The van der Waals surface area contributed by atoms with Crippen LogP contribution >= 0.6 is 0 Å². The molecule has 11 atom stereocenters. The van der Waals surface area contributed by atoms with Gasteiger partial charge in [0.2, 0.25) is 9.04 Å². The van der Waals surface area contributed by atoms with E-state index in [4.69, 9.17) is 32.2 Å². The Bertz CT molecular complexity index is 1590. The van der Waals surface area contributed by atoms with Crippen molar-refractivity contribution in [3.05, 3.63) is 59.7 Å². The van der Waals surface area contributed by atoms with Crippen molar-refractivity contribution < 1.29 is 42.1 Å². The van der Waals surface area contributed by atoms with Crippen LogP contribution in [0.2, 0.25) is 49.4 Å². The molecule has 56 heavy (non-hydrogen) atoms. The first-order valence-corrected chi connectivity index (χ1v) is 29.0. The van der Waals surface area contributed by atoms with Crippen LogP contribution in [0.5, 0.6) is 0 Å². The Morgan fingerprint density at radius 3 is 2.05 bits per heavy atom. The summed E-state index contributed by atoms with van der Waals surface area (Å²) in [6, 6.07) is 15.0. The Labute approximate surface area is 341 Å². The molecule has 1 radical (unpaired) electrons. The van der Waals surface area contributed by atoms with Gasteiger partial charge in [0, 0.05) is 29.6 Å². The molecule has 9 nitrogen and oxygen atoms in total. The van der Waals surface area contributed by atoms with E-state index in [-0.39, 0.29) is 18.8 Å². The topological polar surface area (TPSA) is 102 Å². The van der Waals surface area contributed by atoms with Crippen molar-refractivity contribution >= 4 is 31.6 Å². The summed E-state index contributed by atoms with van der Waals surface area (Å²) in [5.41, 5.74) is -1.54. The van der Waals surface area contributed by atoms with Crippen LogP contribution in [0.25, 0.3) is 0 Å². The third kappa shape index (κ3) is 6.77. The number of rotatable bonds is 15. The minimum atomic E-state index is -2.27. The van der Waals surface area contributed by atoms with Crippen molar-refractivity contribution in [3.63, 3.8) is 0 Å². The molecular weight excluding hydrogens is 757 g/mol. The Kier molecular flexibility index (Phi) is 12.8. The second-order valence-corrected chi connectivity index (χ2v) is 29.8. The van der Waals surface area contributed by atoms with Gasteiger partial charge < -0.3 is 37.3 Å². The van der Waals surface area contributed by atoms with E-state index in [1.54, 1.807) is 18.2 Å². The molecule has 6 rings (SSSR count). The van der Waals surface area contributed by atoms with Crippen molar-refractivity contribution in [1.29, 1.82) is 0 Å². The van der Waals surface area contributed by atoms with Gasteiger partial charge in [-0.05, 0) is 85.6 Å². The highest BCUT2D eigenvalue weighted by atomic mass is 28.4. The summed E-state index contributed by atoms with van der Waals surface area (Å²) in [5.74, 6) is -1.17. The minimum absolute atomic E-state index is 0.108. The van der Waals surface area contributed by atoms with Crippen LogP contribution < -0.4 is 0 Å². The molecule has 1 N–H and O–H groups in total.